The summed E-state index contributed by atoms with van der Waals surface area (Å²) in [5.74, 6) is -1.74. The summed E-state index contributed by atoms with van der Waals surface area (Å²) in [5.41, 5.74) is 2.68. The molecule has 0 aliphatic heterocycles. The molecule has 51 heavy (non-hydrogen) atoms. The summed E-state index contributed by atoms with van der Waals surface area (Å²) in [6, 6.07) is 33.6. The predicted molar refractivity (Wildman–Crippen MR) is 205 cm³/mol. The van der Waals surface area contributed by atoms with E-state index in [2.05, 4.69) is 27.3 Å². The fraction of sp³-hybridized carbons (Fsp3) is 0.103. The number of carbonyl (C=O) groups is 4. The van der Waals surface area contributed by atoms with Crippen molar-refractivity contribution in [2.75, 3.05) is 16.0 Å². The molecule has 0 radical (unpaired) electrons. The van der Waals surface area contributed by atoms with Crippen LogP contribution >= 0.6 is 34.7 Å². The van der Waals surface area contributed by atoms with E-state index in [1.54, 1.807) is 104 Å². The zero-order valence-corrected chi connectivity index (χ0v) is 29.9. The maximum absolute atomic E-state index is 13.6. The van der Waals surface area contributed by atoms with Crippen LogP contribution < -0.4 is 21.3 Å². The Bertz CT molecular complexity index is 2150. The van der Waals surface area contributed by atoms with E-state index >= 15 is 0 Å². The second kappa shape index (κ2) is 17.3. The average Bonchev–Trinajstić information content (AvgIpc) is 3.46. The van der Waals surface area contributed by atoms with Crippen molar-refractivity contribution in [2.45, 2.75) is 30.4 Å². The lowest BCUT2D eigenvalue weighted by atomic mass is 10.1. The second-order valence-electron chi connectivity index (χ2n) is 11.1. The highest BCUT2D eigenvalue weighted by Crippen LogP contribution is 2.35. The summed E-state index contributed by atoms with van der Waals surface area (Å²) in [6.45, 7) is 3.55. The molecule has 0 saturated heterocycles. The van der Waals surface area contributed by atoms with Gasteiger partial charge in [-0.1, -0.05) is 79.2 Å². The first-order valence-corrected chi connectivity index (χ1v) is 17.9. The van der Waals surface area contributed by atoms with E-state index in [0.29, 0.717) is 54.3 Å². The van der Waals surface area contributed by atoms with Crippen LogP contribution in [0.2, 0.25) is 5.02 Å². The van der Waals surface area contributed by atoms with Crippen molar-refractivity contribution in [3.63, 3.8) is 0 Å². The highest BCUT2D eigenvalue weighted by Gasteiger charge is 2.25. The van der Waals surface area contributed by atoms with Crippen molar-refractivity contribution in [3.05, 3.63) is 147 Å². The molecule has 0 aliphatic rings. The summed E-state index contributed by atoms with van der Waals surface area (Å²) in [5, 5.41) is 21.2. The minimum Gasteiger partial charge on any atom is -0.321 e. The summed E-state index contributed by atoms with van der Waals surface area (Å²) in [7, 11) is 0. The zero-order chi connectivity index (χ0) is 36.3. The zero-order valence-electron chi connectivity index (χ0n) is 27.5. The lowest BCUT2D eigenvalue weighted by Crippen LogP contribution is -2.30. The maximum Gasteiger partial charge on any atom is 0.272 e. The third kappa shape index (κ3) is 9.52. The van der Waals surface area contributed by atoms with Gasteiger partial charge < -0.3 is 21.3 Å². The number of rotatable bonds is 12. The monoisotopic (exact) mass is 733 g/mol. The van der Waals surface area contributed by atoms with Crippen molar-refractivity contribution in [1.82, 2.24) is 5.32 Å². The second-order valence-corrected chi connectivity index (χ2v) is 13.8. The lowest BCUT2D eigenvalue weighted by molar-refractivity contribution is -0.116. The Morgan fingerprint density at radius 2 is 1.51 bits per heavy atom. The maximum atomic E-state index is 13.6. The first-order valence-electron chi connectivity index (χ1n) is 15.8. The highest BCUT2D eigenvalue weighted by molar-refractivity contribution is 8.00. The van der Waals surface area contributed by atoms with E-state index in [1.165, 1.54) is 17.8 Å². The van der Waals surface area contributed by atoms with Crippen molar-refractivity contribution in [2.24, 2.45) is 0 Å². The molecule has 1 heterocycles. The van der Waals surface area contributed by atoms with Gasteiger partial charge in [-0.25, -0.2) is 0 Å². The van der Waals surface area contributed by atoms with Gasteiger partial charge in [-0.05, 0) is 79.1 Å². The fourth-order valence-corrected chi connectivity index (χ4v) is 7.14. The molecular weight excluding hydrogens is 702 g/mol. The van der Waals surface area contributed by atoms with Crippen LogP contribution in [0.3, 0.4) is 0 Å². The van der Waals surface area contributed by atoms with Gasteiger partial charge in [0.05, 0.1) is 15.7 Å². The number of thiophene rings is 1. The van der Waals surface area contributed by atoms with Gasteiger partial charge >= 0.3 is 0 Å². The van der Waals surface area contributed by atoms with Gasteiger partial charge in [0.25, 0.3) is 17.7 Å². The molecule has 4 amide bonds. The quantitative estimate of drug-likeness (QED) is 0.0747. The fourth-order valence-electron chi connectivity index (χ4n) is 4.88. The van der Waals surface area contributed by atoms with Crippen LogP contribution in [0.4, 0.5) is 16.4 Å². The van der Waals surface area contributed by atoms with E-state index in [0.717, 1.165) is 11.3 Å². The number of hydrogen-bond donors (Lipinski definition) is 4. The molecule has 9 nitrogen and oxygen atoms in total. The summed E-state index contributed by atoms with van der Waals surface area (Å²) >= 11 is 8.70. The summed E-state index contributed by atoms with van der Waals surface area (Å²) in [6.07, 6.45) is 1.96. The molecule has 12 heteroatoms. The molecule has 4 aromatic carbocycles. The molecule has 5 rings (SSSR count). The van der Waals surface area contributed by atoms with Gasteiger partial charge in [0.2, 0.25) is 5.91 Å². The largest absolute Gasteiger partial charge is 0.321 e. The Labute approximate surface area is 308 Å². The van der Waals surface area contributed by atoms with Crippen LogP contribution in [0.15, 0.2) is 120 Å². The van der Waals surface area contributed by atoms with E-state index in [1.807, 2.05) is 19.1 Å². The minimum absolute atomic E-state index is 0.0165. The van der Waals surface area contributed by atoms with Crippen molar-refractivity contribution < 1.29 is 19.2 Å². The van der Waals surface area contributed by atoms with Crippen molar-refractivity contribution in [3.8, 4) is 6.07 Å². The van der Waals surface area contributed by atoms with Gasteiger partial charge in [0.1, 0.15) is 16.8 Å². The number of nitriles is 1. The predicted octanol–water partition coefficient (Wildman–Crippen LogP) is 8.75. The first-order chi connectivity index (χ1) is 24.7. The van der Waals surface area contributed by atoms with Crippen LogP contribution in [-0.2, 0) is 9.59 Å². The Balaban J connectivity index is 1.30. The Morgan fingerprint density at radius 3 is 2.20 bits per heavy atom. The van der Waals surface area contributed by atoms with E-state index < -0.39 is 17.1 Å². The third-order valence-corrected chi connectivity index (χ3v) is 10.4. The van der Waals surface area contributed by atoms with Crippen LogP contribution in [0.25, 0.3) is 6.08 Å². The smallest absolute Gasteiger partial charge is 0.272 e. The van der Waals surface area contributed by atoms with E-state index in [4.69, 9.17) is 11.6 Å². The molecule has 4 N–H and O–H groups in total. The van der Waals surface area contributed by atoms with Gasteiger partial charge in [-0.15, -0.1) is 23.1 Å². The number of hydrogen-bond acceptors (Lipinski definition) is 7. The number of nitrogens with zero attached hydrogens (tertiary/aromatic N) is 1. The number of para-hydroxylation sites is 1. The van der Waals surface area contributed by atoms with Crippen molar-refractivity contribution in [1.29, 1.82) is 5.26 Å². The highest BCUT2D eigenvalue weighted by atomic mass is 35.5. The van der Waals surface area contributed by atoms with Crippen LogP contribution in [-0.4, -0.2) is 28.9 Å². The SMILES string of the molecule is CCC(Sc1cccc(NC(=O)/C(=C\c2ccccc2Cl)NC(=O)c2ccccc2)c1)C(=O)Nc1sc(C(=O)Nc2ccccc2)c(C)c1C#N. The molecule has 0 spiro atoms. The number of carbonyl (C=O) groups excluding carboxylic acids is 4. The Hall–Kier alpha value is -5.67. The molecular formula is C39H32ClN5O4S2. The molecule has 0 aliphatic carbocycles. The van der Waals surface area contributed by atoms with Gasteiger partial charge in [-0.2, -0.15) is 5.26 Å². The van der Waals surface area contributed by atoms with Gasteiger partial charge in [0, 0.05) is 26.9 Å². The molecule has 1 atom stereocenters. The number of anilines is 3. The van der Waals surface area contributed by atoms with E-state index in [-0.39, 0.29) is 23.1 Å². The van der Waals surface area contributed by atoms with E-state index in [9.17, 15) is 24.4 Å². The number of amides is 4. The van der Waals surface area contributed by atoms with Gasteiger partial charge in [-0.3, -0.25) is 19.2 Å². The summed E-state index contributed by atoms with van der Waals surface area (Å²) < 4.78 is 0. The summed E-state index contributed by atoms with van der Waals surface area (Å²) in [4.78, 5) is 54.1. The van der Waals surface area contributed by atoms with Crippen LogP contribution in [0.1, 0.15) is 50.1 Å². The standard InChI is InChI=1S/C39H32ClN5O4S2/c1-3-33(37(48)45-39-30(23-41)24(2)34(51-39)38(49)42-27-16-8-5-9-17-27)50-29-19-12-18-28(22-29)43-36(47)32(21-26-15-10-11-20-31(26)40)44-35(46)25-13-6-4-7-14-25/h4-22,33H,3H2,1-2H3,(H,42,49)(H,43,47)(H,44,46)(H,45,48)/b32-21+. The third-order valence-electron chi connectivity index (χ3n) is 7.50. The van der Waals surface area contributed by atoms with Gasteiger partial charge in [0.15, 0.2) is 0 Å². The van der Waals surface area contributed by atoms with Crippen LogP contribution in [0.5, 0.6) is 0 Å². The minimum atomic E-state index is -0.574. The van der Waals surface area contributed by atoms with Crippen LogP contribution in [0, 0.1) is 18.3 Å². The normalized spacial score (nSPS) is 11.5. The number of thioether (sulfide) groups is 1. The topological polar surface area (TPSA) is 140 Å². The number of halogens is 1. The number of nitrogens with one attached hydrogen (secondary N) is 4. The number of benzene rings is 4. The first kappa shape index (κ1) is 36.6. The Kier molecular flexibility index (Phi) is 12.4. The molecule has 0 bridgehead atoms. The lowest BCUT2D eigenvalue weighted by Gasteiger charge is -2.16. The molecule has 1 unspecified atom stereocenters. The molecule has 1 aromatic heterocycles. The molecule has 0 fully saturated rings. The molecule has 0 saturated carbocycles. The Morgan fingerprint density at radius 1 is 0.843 bits per heavy atom. The average molecular weight is 734 g/mol. The van der Waals surface area contributed by atoms with Crippen molar-refractivity contribution >= 4 is 80.8 Å². The molecule has 256 valence electrons. The molecule has 5 aromatic rings.